The summed E-state index contributed by atoms with van der Waals surface area (Å²) in [6.45, 7) is 5.30. The molecule has 1 heterocycles. The molecule has 1 aromatic heterocycles. The van der Waals surface area contributed by atoms with Crippen LogP contribution in [0.4, 0.5) is 0 Å². The van der Waals surface area contributed by atoms with E-state index in [2.05, 4.69) is 83.2 Å². The molecule has 3 aromatic rings. The second kappa shape index (κ2) is 7.04. The number of rotatable bonds is 6. The van der Waals surface area contributed by atoms with Crippen molar-refractivity contribution in [3.63, 3.8) is 0 Å². The highest BCUT2D eigenvalue weighted by Gasteiger charge is 2.31. The molecule has 0 amide bonds. The second-order valence-electron chi connectivity index (χ2n) is 6.62. The summed E-state index contributed by atoms with van der Waals surface area (Å²) in [6.07, 6.45) is 2.51. The van der Waals surface area contributed by atoms with E-state index >= 15 is 0 Å². The highest BCUT2D eigenvalue weighted by atomic mass is 32.2. The molecule has 1 unspecified atom stereocenters. The van der Waals surface area contributed by atoms with Gasteiger partial charge in [0, 0.05) is 12.5 Å². The third kappa shape index (κ3) is 3.36. The van der Waals surface area contributed by atoms with Gasteiger partial charge in [-0.2, -0.15) is 0 Å². The fourth-order valence-corrected chi connectivity index (χ4v) is 4.59. The number of thioether (sulfide) groups is 1. The SMILES string of the molecule is CCn1c(SC(c2ccccc2)c2ccccc2C)nnc1C1CC1. The quantitative estimate of drug-likeness (QED) is 0.561. The van der Waals surface area contributed by atoms with Crippen molar-refractivity contribution in [1.82, 2.24) is 14.8 Å². The third-order valence-corrected chi connectivity index (χ3v) is 6.08. The van der Waals surface area contributed by atoms with E-state index in [1.165, 1.54) is 35.4 Å². The first-order valence-electron chi connectivity index (χ1n) is 8.98. The molecule has 4 heteroatoms. The summed E-state index contributed by atoms with van der Waals surface area (Å²) in [4.78, 5) is 0. The Morgan fingerprint density at radius 2 is 1.76 bits per heavy atom. The maximum absolute atomic E-state index is 4.54. The smallest absolute Gasteiger partial charge is 0.192 e. The Labute approximate surface area is 153 Å². The standard InChI is InChI=1S/C21H23N3S/c1-3-24-20(17-13-14-17)22-23-21(24)25-19(16-10-5-4-6-11-16)18-12-8-7-9-15(18)2/h4-12,17,19H,3,13-14H2,1-2H3. The van der Waals surface area contributed by atoms with Crippen LogP contribution in [-0.4, -0.2) is 14.8 Å². The Kier molecular flexibility index (Phi) is 4.62. The van der Waals surface area contributed by atoms with Gasteiger partial charge in [0.2, 0.25) is 0 Å². The van der Waals surface area contributed by atoms with Gasteiger partial charge in [-0.15, -0.1) is 10.2 Å². The first-order valence-corrected chi connectivity index (χ1v) is 9.86. The molecule has 25 heavy (non-hydrogen) atoms. The van der Waals surface area contributed by atoms with Gasteiger partial charge in [-0.05, 0) is 43.4 Å². The number of nitrogens with zero attached hydrogens (tertiary/aromatic N) is 3. The molecule has 3 nitrogen and oxygen atoms in total. The molecule has 0 spiro atoms. The number of hydrogen-bond acceptors (Lipinski definition) is 3. The molecule has 1 fully saturated rings. The van der Waals surface area contributed by atoms with Gasteiger partial charge in [0.25, 0.3) is 0 Å². The fourth-order valence-electron chi connectivity index (χ4n) is 3.25. The van der Waals surface area contributed by atoms with Crippen molar-refractivity contribution in [1.29, 1.82) is 0 Å². The van der Waals surface area contributed by atoms with Crippen molar-refractivity contribution in [2.24, 2.45) is 0 Å². The van der Waals surface area contributed by atoms with E-state index in [9.17, 15) is 0 Å². The Morgan fingerprint density at radius 1 is 1.04 bits per heavy atom. The molecule has 4 rings (SSSR count). The highest BCUT2D eigenvalue weighted by molar-refractivity contribution is 7.99. The number of hydrogen-bond donors (Lipinski definition) is 0. The van der Waals surface area contributed by atoms with E-state index in [4.69, 9.17) is 0 Å². The minimum absolute atomic E-state index is 0.226. The summed E-state index contributed by atoms with van der Waals surface area (Å²) in [5, 5.41) is 10.3. The predicted molar refractivity (Wildman–Crippen MR) is 103 cm³/mol. The molecule has 0 bridgehead atoms. The highest BCUT2D eigenvalue weighted by Crippen LogP contribution is 2.44. The van der Waals surface area contributed by atoms with Crippen LogP contribution in [0.3, 0.4) is 0 Å². The molecule has 0 aliphatic heterocycles. The lowest BCUT2D eigenvalue weighted by molar-refractivity contribution is 0.643. The minimum atomic E-state index is 0.226. The first kappa shape index (κ1) is 16.4. The summed E-state index contributed by atoms with van der Waals surface area (Å²) in [6, 6.07) is 19.4. The average molecular weight is 350 g/mol. The lowest BCUT2D eigenvalue weighted by atomic mass is 10.0. The van der Waals surface area contributed by atoms with Crippen LogP contribution < -0.4 is 0 Å². The van der Waals surface area contributed by atoms with Crippen molar-refractivity contribution in [3.05, 3.63) is 77.1 Å². The molecular formula is C21H23N3S. The van der Waals surface area contributed by atoms with Crippen LogP contribution in [0, 0.1) is 6.92 Å². The van der Waals surface area contributed by atoms with Crippen LogP contribution in [0.1, 0.15) is 53.4 Å². The van der Waals surface area contributed by atoms with Crippen molar-refractivity contribution >= 4 is 11.8 Å². The van der Waals surface area contributed by atoms with E-state index in [-0.39, 0.29) is 5.25 Å². The van der Waals surface area contributed by atoms with E-state index < -0.39 is 0 Å². The molecule has 1 saturated carbocycles. The molecular weight excluding hydrogens is 326 g/mol. The summed E-state index contributed by atoms with van der Waals surface area (Å²) < 4.78 is 2.30. The fraction of sp³-hybridized carbons (Fsp3) is 0.333. The Morgan fingerprint density at radius 3 is 2.44 bits per heavy atom. The Hall–Kier alpha value is -2.07. The molecule has 128 valence electrons. The van der Waals surface area contributed by atoms with Gasteiger partial charge in [0.1, 0.15) is 5.82 Å². The monoisotopic (exact) mass is 349 g/mol. The van der Waals surface area contributed by atoms with Crippen LogP contribution in [0.25, 0.3) is 0 Å². The zero-order valence-corrected chi connectivity index (χ0v) is 15.5. The molecule has 1 aliphatic rings. The van der Waals surface area contributed by atoms with E-state index in [1.54, 1.807) is 0 Å². The van der Waals surface area contributed by atoms with Crippen molar-refractivity contribution in [2.45, 2.75) is 49.6 Å². The largest absolute Gasteiger partial charge is 0.306 e. The maximum atomic E-state index is 4.54. The molecule has 1 atom stereocenters. The average Bonchev–Trinajstić information content (AvgIpc) is 3.41. The summed E-state index contributed by atoms with van der Waals surface area (Å²) in [7, 11) is 0. The van der Waals surface area contributed by atoms with Crippen LogP contribution >= 0.6 is 11.8 Å². The summed E-state index contributed by atoms with van der Waals surface area (Å²) >= 11 is 1.82. The van der Waals surface area contributed by atoms with Crippen molar-refractivity contribution in [3.8, 4) is 0 Å². The minimum Gasteiger partial charge on any atom is -0.306 e. The van der Waals surface area contributed by atoms with Gasteiger partial charge in [-0.1, -0.05) is 66.4 Å². The van der Waals surface area contributed by atoms with Crippen LogP contribution in [0.5, 0.6) is 0 Å². The molecule has 0 saturated heterocycles. The predicted octanol–water partition coefficient (Wildman–Crippen LogP) is 5.37. The Bertz CT molecular complexity index is 853. The molecule has 2 aromatic carbocycles. The lowest BCUT2D eigenvalue weighted by Gasteiger charge is -2.19. The number of aromatic nitrogens is 3. The maximum Gasteiger partial charge on any atom is 0.192 e. The summed E-state index contributed by atoms with van der Waals surface area (Å²) in [5.41, 5.74) is 3.96. The van der Waals surface area contributed by atoms with Gasteiger partial charge in [0.15, 0.2) is 5.16 Å². The van der Waals surface area contributed by atoms with E-state index in [1.807, 2.05) is 11.8 Å². The topological polar surface area (TPSA) is 30.7 Å². The normalized spacial score (nSPS) is 15.3. The van der Waals surface area contributed by atoms with Gasteiger partial charge in [0.05, 0.1) is 5.25 Å². The lowest BCUT2D eigenvalue weighted by Crippen LogP contribution is -2.05. The van der Waals surface area contributed by atoms with Gasteiger partial charge >= 0.3 is 0 Å². The molecule has 1 aliphatic carbocycles. The second-order valence-corrected chi connectivity index (χ2v) is 7.70. The molecule has 0 N–H and O–H groups in total. The van der Waals surface area contributed by atoms with Crippen LogP contribution in [0.15, 0.2) is 59.8 Å². The first-order chi connectivity index (χ1) is 12.3. The van der Waals surface area contributed by atoms with Crippen LogP contribution in [-0.2, 0) is 6.54 Å². The zero-order valence-electron chi connectivity index (χ0n) is 14.7. The number of aryl methyl sites for hydroxylation is 1. The van der Waals surface area contributed by atoms with E-state index in [0.29, 0.717) is 5.92 Å². The zero-order chi connectivity index (χ0) is 17.2. The van der Waals surface area contributed by atoms with E-state index in [0.717, 1.165) is 11.7 Å². The van der Waals surface area contributed by atoms with Crippen LogP contribution in [0.2, 0.25) is 0 Å². The number of benzene rings is 2. The molecule has 0 radical (unpaired) electrons. The third-order valence-electron chi connectivity index (χ3n) is 4.80. The van der Waals surface area contributed by atoms with Gasteiger partial charge < -0.3 is 4.57 Å². The van der Waals surface area contributed by atoms with Crippen molar-refractivity contribution in [2.75, 3.05) is 0 Å². The summed E-state index contributed by atoms with van der Waals surface area (Å²) in [5.74, 6) is 1.79. The van der Waals surface area contributed by atoms with Gasteiger partial charge in [-0.3, -0.25) is 0 Å². The Balaban J connectivity index is 1.74. The van der Waals surface area contributed by atoms with Gasteiger partial charge in [-0.25, -0.2) is 0 Å². The van der Waals surface area contributed by atoms with Crippen molar-refractivity contribution < 1.29 is 0 Å².